The van der Waals surface area contributed by atoms with E-state index in [1.807, 2.05) is 37.5 Å². The standard InChI is InChI=1S/C23H21N2O/c1-14(2)22-16(13-24)8-9-20-23(22)18-11-15(3)17(12-21(18)26-20)19-7-5-6-10-25(19)4/h5-12,14H,1-4H3/q+1. The molecule has 0 aliphatic carbocycles. The fourth-order valence-electron chi connectivity index (χ4n) is 3.82. The van der Waals surface area contributed by atoms with Crippen LogP contribution in [-0.2, 0) is 7.05 Å². The van der Waals surface area contributed by atoms with Gasteiger partial charge in [-0.1, -0.05) is 13.8 Å². The topological polar surface area (TPSA) is 40.8 Å². The van der Waals surface area contributed by atoms with Gasteiger partial charge in [0.05, 0.1) is 17.2 Å². The van der Waals surface area contributed by atoms with E-state index >= 15 is 0 Å². The first-order chi connectivity index (χ1) is 12.5. The molecule has 0 amide bonds. The molecule has 0 atom stereocenters. The highest BCUT2D eigenvalue weighted by Crippen LogP contribution is 2.38. The zero-order valence-corrected chi connectivity index (χ0v) is 15.5. The second-order valence-electron chi connectivity index (χ2n) is 7.13. The summed E-state index contributed by atoms with van der Waals surface area (Å²) in [5, 5.41) is 11.7. The molecular formula is C23H21N2O+. The van der Waals surface area contributed by atoms with Gasteiger partial charge in [-0.2, -0.15) is 5.26 Å². The third-order valence-corrected chi connectivity index (χ3v) is 5.05. The lowest BCUT2D eigenvalue weighted by Gasteiger charge is -2.10. The molecule has 4 aromatic rings. The largest absolute Gasteiger partial charge is 0.456 e. The zero-order valence-electron chi connectivity index (χ0n) is 15.5. The molecule has 3 heteroatoms. The van der Waals surface area contributed by atoms with Crippen LogP contribution in [0, 0.1) is 18.3 Å². The lowest BCUT2D eigenvalue weighted by Crippen LogP contribution is -2.30. The lowest BCUT2D eigenvalue weighted by atomic mass is 9.91. The van der Waals surface area contributed by atoms with Gasteiger partial charge in [0.2, 0.25) is 5.69 Å². The summed E-state index contributed by atoms with van der Waals surface area (Å²) in [6.45, 7) is 6.38. The maximum atomic E-state index is 9.53. The van der Waals surface area contributed by atoms with Crippen molar-refractivity contribution in [3.63, 3.8) is 0 Å². The first-order valence-corrected chi connectivity index (χ1v) is 8.86. The fraction of sp³-hybridized carbons (Fsp3) is 0.217. The normalized spacial score (nSPS) is 11.4. The monoisotopic (exact) mass is 341 g/mol. The third kappa shape index (κ3) is 2.38. The summed E-state index contributed by atoms with van der Waals surface area (Å²) in [6.07, 6.45) is 2.05. The van der Waals surface area contributed by atoms with E-state index in [0.717, 1.165) is 44.3 Å². The van der Waals surface area contributed by atoms with Crippen LogP contribution in [-0.4, -0.2) is 0 Å². The van der Waals surface area contributed by atoms with Gasteiger partial charge < -0.3 is 4.42 Å². The molecule has 128 valence electrons. The average molecular weight is 341 g/mol. The van der Waals surface area contributed by atoms with Crippen molar-refractivity contribution in [2.24, 2.45) is 7.05 Å². The van der Waals surface area contributed by atoms with E-state index in [9.17, 15) is 5.26 Å². The Morgan fingerprint density at radius 2 is 1.88 bits per heavy atom. The van der Waals surface area contributed by atoms with Crippen molar-refractivity contribution in [2.45, 2.75) is 26.7 Å². The molecule has 0 aliphatic rings. The van der Waals surface area contributed by atoms with Gasteiger partial charge in [-0.25, -0.2) is 4.57 Å². The van der Waals surface area contributed by atoms with Gasteiger partial charge in [-0.3, -0.25) is 0 Å². The third-order valence-electron chi connectivity index (χ3n) is 5.05. The van der Waals surface area contributed by atoms with E-state index in [1.54, 1.807) is 0 Å². The van der Waals surface area contributed by atoms with E-state index in [4.69, 9.17) is 4.42 Å². The number of aryl methyl sites for hydroxylation is 2. The summed E-state index contributed by atoms with van der Waals surface area (Å²) < 4.78 is 8.30. The molecule has 0 saturated carbocycles. The Hall–Kier alpha value is -3.12. The van der Waals surface area contributed by atoms with E-state index in [1.165, 1.54) is 5.56 Å². The van der Waals surface area contributed by atoms with Crippen molar-refractivity contribution in [3.05, 3.63) is 65.4 Å². The number of fused-ring (bicyclic) bond motifs is 3. The molecule has 0 unspecified atom stereocenters. The minimum atomic E-state index is 0.251. The van der Waals surface area contributed by atoms with Gasteiger partial charge >= 0.3 is 0 Å². The Morgan fingerprint density at radius 3 is 2.58 bits per heavy atom. The SMILES string of the molecule is Cc1cc2c(cc1-c1cccc[n+]1C)oc1ccc(C#N)c(C(C)C)c12. The van der Waals surface area contributed by atoms with E-state index in [2.05, 4.69) is 49.6 Å². The van der Waals surface area contributed by atoms with Crippen molar-refractivity contribution in [3.8, 4) is 17.3 Å². The van der Waals surface area contributed by atoms with Crippen LogP contribution < -0.4 is 4.57 Å². The number of hydrogen-bond acceptors (Lipinski definition) is 2. The molecule has 0 spiro atoms. The zero-order chi connectivity index (χ0) is 18.4. The van der Waals surface area contributed by atoms with Crippen LogP contribution in [0.15, 0.2) is 53.1 Å². The summed E-state index contributed by atoms with van der Waals surface area (Å²) in [6, 6.07) is 16.6. The summed E-state index contributed by atoms with van der Waals surface area (Å²) in [5.74, 6) is 0.251. The maximum absolute atomic E-state index is 9.53. The highest BCUT2D eigenvalue weighted by molar-refractivity contribution is 6.09. The van der Waals surface area contributed by atoms with Crippen LogP contribution in [0.2, 0.25) is 0 Å². The number of nitrogens with zero attached hydrogens (tertiary/aromatic N) is 2. The molecule has 2 aromatic carbocycles. The van der Waals surface area contributed by atoms with Crippen molar-refractivity contribution < 1.29 is 8.98 Å². The number of nitriles is 1. The van der Waals surface area contributed by atoms with Gasteiger partial charge in [0.25, 0.3) is 0 Å². The minimum absolute atomic E-state index is 0.251. The van der Waals surface area contributed by atoms with Crippen molar-refractivity contribution in [1.82, 2.24) is 0 Å². The molecule has 2 heterocycles. The molecule has 0 saturated heterocycles. The highest BCUT2D eigenvalue weighted by Gasteiger charge is 2.20. The van der Waals surface area contributed by atoms with Crippen LogP contribution >= 0.6 is 0 Å². The summed E-state index contributed by atoms with van der Waals surface area (Å²) in [4.78, 5) is 0. The molecule has 4 rings (SSSR count). The predicted molar refractivity (Wildman–Crippen MR) is 104 cm³/mol. The molecule has 2 aromatic heterocycles. The Balaban J connectivity index is 2.09. The smallest absolute Gasteiger partial charge is 0.212 e. The average Bonchev–Trinajstić information content (AvgIpc) is 2.98. The minimum Gasteiger partial charge on any atom is -0.456 e. The molecular weight excluding hydrogens is 320 g/mol. The van der Waals surface area contributed by atoms with Gasteiger partial charge in [0.15, 0.2) is 6.20 Å². The van der Waals surface area contributed by atoms with Gasteiger partial charge in [-0.05, 0) is 54.3 Å². The molecule has 0 radical (unpaired) electrons. The Bertz CT molecular complexity index is 1190. The summed E-state index contributed by atoms with van der Waals surface area (Å²) >= 11 is 0. The number of furan rings is 1. The number of benzene rings is 2. The van der Waals surface area contributed by atoms with E-state index in [0.29, 0.717) is 0 Å². The number of hydrogen-bond donors (Lipinski definition) is 0. The van der Waals surface area contributed by atoms with E-state index in [-0.39, 0.29) is 5.92 Å². The second kappa shape index (κ2) is 6.00. The number of rotatable bonds is 2. The van der Waals surface area contributed by atoms with Crippen molar-refractivity contribution in [1.29, 1.82) is 5.26 Å². The Kier molecular flexibility index (Phi) is 3.77. The first kappa shape index (κ1) is 16.4. The van der Waals surface area contributed by atoms with E-state index < -0.39 is 0 Å². The van der Waals surface area contributed by atoms with Crippen LogP contribution in [0.5, 0.6) is 0 Å². The Morgan fingerprint density at radius 1 is 1.08 bits per heavy atom. The second-order valence-corrected chi connectivity index (χ2v) is 7.13. The molecule has 26 heavy (non-hydrogen) atoms. The molecule has 0 aliphatic heterocycles. The fourth-order valence-corrected chi connectivity index (χ4v) is 3.82. The molecule has 3 nitrogen and oxygen atoms in total. The van der Waals surface area contributed by atoms with Crippen LogP contribution in [0.4, 0.5) is 0 Å². The maximum Gasteiger partial charge on any atom is 0.212 e. The van der Waals surface area contributed by atoms with Crippen molar-refractivity contribution in [2.75, 3.05) is 0 Å². The predicted octanol–water partition coefficient (Wildman–Crippen LogP) is 5.38. The van der Waals surface area contributed by atoms with Gasteiger partial charge in [-0.15, -0.1) is 0 Å². The summed E-state index contributed by atoms with van der Waals surface area (Å²) in [7, 11) is 2.05. The molecule has 0 N–H and O–H groups in total. The van der Waals surface area contributed by atoms with Crippen LogP contribution in [0.25, 0.3) is 33.2 Å². The van der Waals surface area contributed by atoms with Crippen molar-refractivity contribution >= 4 is 21.9 Å². The molecule has 0 bridgehead atoms. The number of pyridine rings is 1. The van der Waals surface area contributed by atoms with Crippen LogP contribution in [0.3, 0.4) is 0 Å². The lowest BCUT2D eigenvalue weighted by molar-refractivity contribution is -0.660. The summed E-state index contributed by atoms with van der Waals surface area (Å²) in [5.41, 5.74) is 7.00. The number of aromatic nitrogens is 1. The quantitative estimate of drug-likeness (QED) is 0.459. The molecule has 0 fully saturated rings. The first-order valence-electron chi connectivity index (χ1n) is 8.86. The van der Waals surface area contributed by atoms with Gasteiger partial charge in [0, 0.05) is 22.9 Å². The Labute approximate surface area is 153 Å². The van der Waals surface area contributed by atoms with Gasteiger partial charge in [0.1, 0.15) is 18.2 Å². The highest BCUT2D eigenvalue weighted by atomic mass is 16.3. The van der Waals surface area contributed by atoms with Crippen LogP contribution in [0.1, 0.15) is 36.5 Å².